The molecule has 122 valence electrons. The van der Waals surface area contributed by atoms with Gasteiger partial charge in [0.15, 0.2) is 0 Å². The Balaban J connectivity index is 1.60. The average molecular weight is 324 g/mol. The maximum absolute atomic E-state index is 11.8. The van der Waals surface area contributed by atoms with Gasteiger partial charge in [-0.3, -0.25) is 9.62 Å². The standard InChI is InChI=1S/C15H24N4O2S/c1-17(2)22(20,21)16-13-3-5-14(6-4-13)18-9-11-19(12-10-18)15-7-8-15/h3-6,15-16H,7-12H2,1-2H3. The second kappa shape index (κ2) is 6.06. The van der Waals surface area contributed by atoms with Crippen LogP contribution < -0.4 is 9.62 Å². The van der Waals surface area contributed by atoms with Gasteiger partial charge in [0.2, 0.25) is 0 Å². The minimum Gasteiger partial charge on any atom is -0.369 e. The van der Waals surface area contributed by atoms with Crippen molar-refractivity contribution in [1.29, 1.82) is 0 Å². The zero-order valence-electron chi connectivity index (χ0n) is 13.2. The molecular weight excluding hydrogens is 300 g/mol. The summed E-state index contributed by atoms with van der Waals surface area (Å²) >= 11 is 0. The molecule has 1 heterocycles. The lowest BCUT2D eigenvalue weighted by atomic mass is 10.2. The highest BCUT2D eigenvalue weighted by Gasteiger charge is 2.31. The second-order valence-electron chi connectivity index (χ2n) is 6.19. The quantitative estimate of drug-likeness (QED) is 0.884. The number of nitrogens with one attached hydrogen (secondary N) is 1. The summed E-state index contributed by atoms with van der Waals surface area (Å²) in [6.45, 7) is 4.33. The first-order valence-corrected chi connectivity index (χ1v) is 9.19. The van der Waals surface area contributed by atoms with E-state index in [2.05, 4.69) is 14.5 Å². The molecule has 0 atom stereocenters. The highest BCUT2D eigenvalue weighted by Crippen LogP contribution is 2.28. The minimum absolute atomic E-state index is 0.592. The second-order valence-corrected chi connectivity index (χ2v) is 8.08. The molecule has 2 fully saturated rings. The highest BCUT2D eigenvalue weighted by molar-refractivity contribution is 7.90. The molecule has 0 bridgehead atoms. The molecule has 0 unspecified atom stereocenters. The van der Waals surface area contributed by atoms with Gasteiger partial charge in [0.05, 0.1) is 0 Å². The number of rotatable bonds is 5. The number of anilines is 2. The summed E-state index contributed by atoms with van der Waals surface area (Å²) in [6.07, 6.45) is 2.72. The van der Waals surface area contributed by atoms with E-state index in [0.717, 1.165) is 42.2 Å². The van der Waals surface area contributed by atoms with Crippen molar-refractivity contribution >= 4 is 21.6 Å². The van der Waals surface area contributed by atoms with Crippen LogP contribution in [0.5, 0.6) is 0 Å². The summed E-state index contributed by atoms with van der Waals surface area (Å²) in [5.74, 6) is 0. The normalized spacial score (nSPS) is 20.4. The lowest BCUT2D eigenvalue weighted by Crippen LogP contribution is -2.47. The fourth-order valence-electron chi connectivity index (χ4n) is 2.77. The van der Waals surface area contributed by atoms with Crippen molar-refractivity contribution in [3.05, 3.63) is 24.3 Å². The number of hydrogen-bond acceptors (Lipinski definition) is 4. The van der Waals surface area contributed by atoms with Crippen LogP contribution in [-0.2, 0) is 10.2 Å². The third kappa shape index (κ3) is 3.53. The Morgan fingerprint density at radius 1 is 1.05 bits per heavy atom. The van der Waals surface area contributed by atoms with E-state index in [0.29, 0.717) is 5.69 Å². The molecule has 22 heavy (non-hydrogen) atoms. The number of piperazine rings is 1. The van der Waals surface area contributed by atoms with Gasteiger partial charge in [-0.05, 0) is 37.1 Å². The number of nitrogens with zero attached hydrogens (tertiary/aromatic N) is 3. The molecule has 0 amide bonds. The molecule has 0 spiro atoms. The van der Waals surface area contributed by atoms with E-state index in [4.69, 9.17) is 0 Å². The zero-order valence-corrected chi connectivity index (χ0v) is 14.0. The predicted octanol–water partition coefficient (Wildman–Crippen LogP) is 1.19. The van der Waals surface area contributed by atoms with Gasteiger partial charge in [-0.25, -0.2) is 0 Å². The van der Waals surface area contributed by atoms with Crippen LogP contribution in [0, 0.1) is 0 Å². The third-order valence-electron chi connectivity index (χ3n) is 4.34. The van der Waals surface area contributed by atoms with Crippen LogP contribution in [-0.4, -0.2) is 63.9 Å². The van der Waals surface area contributed by atoms with Gasteiger partial charge >= 0.3 is 10.2 Å². The van der Waals surface area contributed by atoms with Crippen LogP contribution in [0.15, 0.2) is 24.3 Å². The molecule has 2 aliphatic rings. The summed E-state index contributed by atoms with van der Waals surface area (Å²) in [6, 6.07) is 8.46. The lowest BCUT2D eigenvalue weighted by molar-refractivity contribution is 0.248. The van der Waals surface area contributed by atoms with Gasteiger partial charge in [-0.2, -0.15) is 12.7 Å². The van der Waals surface area contributed by atoms with Gasteiger partial charge in [0, 0.05) is 57.7 Å². The first-order valence-electron chi connectivity index (χ1n) is 7.75. The molecule has 1 saturated heterocycles. The Morgan fingerprint density at radius 3 is 2.14 bits per heavy atom. The summed E-state index contributed by atoms with van der Waals surface area (Å²) in [7, 11) is -0.416. The molecule has 0 aromatic heterocycles. The number of benzene rings is 1. The van der Waals surface area contributed by atoms with Crippen LogP contribution in [0.3, 0.4) is 0 Å². The van der Waals surface area contributed by atoms with E-state index >= 15 is 0 Å². The smallest absolute Gasteiger partial charge is 0.301 e. The lowest BCUT2D eigenvalue weighted by Gasteiger charge is -2.36. The van der Waals surface area contributed by atoms with Crippen molar-refractivity contribution in [3.63, 3.8) is 0 Å². The van der Waals surface area contributed by atoms with Gasteiger partial charge in [-0.1, -0.05) is 0 Å². The van der Waals surface area contributed by atoms with Crippen LogP contribution >= 0.6 is 0 Å². The van der Waals surface area contributed by atoms with Crippen LogP contribution in [0.4, 0.5) is 11.4 Å². The first kappa shape index (κ1) is 15.6. The molecule has 6 nitrogen and oxygen atoms in total. The number of hydrogen-bond donors (Lipinski definition) is 1. The molecule has 1 aliphatic carbocycles. The SMILES string of the molecule is CN(C)S(=O)(=O)Nc1ccc(N2CCN(C3CC3)CC2)cc1. The van der Waals surface area contributed by atoms with Gasteiger partial charge in [0.25, 0.3) is 0 Å². The van der Waals surface area contributed by atoms with Crippen LogP contribution in [0.1, 0.15) is 12.8 Å². The van der Waals surface area contributed by atoms with Gasteiger partial charge < -0.3 is 4.90 Å². The Labute approximate surface area is 132 Å². The summed E-state index contributed by atoms with van der Waals surface area (Å²) in [4.78, 5) is 4.94. The summed E-state index contributed by atoms with van der Waals surface area (Å²) in [5.41, 5.74) is 1.75. The first-order chi connectivity index (χ1) is 10.5. The van der Waals surface area contributed by atoms with Crippen molar-refractivity contribution < 1.29 is 8.42 Å². The molecule has 1 aliphatic heterocycles. The predicted molar refractivity (Wildman–Crippen MR) is 89.5 cm³/mol. The fourth-order valence-corrected chi connectivity index (χ4v) is 3.38. The maximum atomic E-state index is 11.8. The Bertz CT molecular complexity index is 603. The summed E-state index contributed by atoms with van der Waals surface area (Å²) in [5, 5.41) is 0. The maximum Gasteiger partial charge on any atom is 0.301 e. The van der Waals surface area contributed by atoms with Crippen molar-refractivity contribution in [2.75, 3.05) is 49.9 Å². The van der Waals surface area contributed by atoms with Crippen molar-refractivity contribution in [2.24, 2.45) is 0 Å². The van der Waals surface area contributed by atoms with E-state index in [1.165, 1.54) is 26.9 Å². The molecule has 1 saturated carbocycles. The Hall–Kier alpha value is -1.31. The zero-order chi connectivity index (χ0) is 15.7. The molecule has 0 radical (unpaired) electrons. The average Bonchev–Trinajstić information content (AvgIpc) is 3.32. The van der Waals surface area contributed by atoms with Crippen LogP contribution in [0.25, 0.3) is 0 Å². The van der Waals surface area contributed by atoms with E-state index in [1.54, 1.807) is 0 Å². The monoisotopic (exact) mass is 324 g/mol. The molecule has 1 aromatic rings. The fraction of sp³-hybridized carbons (Fsp3) is 0.600. The van der Waals surface area contributed by atoms with Crippen LogP contribution in [0.2, 0.25) is 0 Å². The molecule has 7 heteroatoms. The van der Waals surface area contributed by atoms with Crippen molar-refractivity contribution in [3.8, 4) is 0 Å². The molecule has 3 rings (SSSR count). The van der Waals surface area contributed by atoms with Gasteiger partial charge in [0.1, 0.15) is 0 Å². The van der Waals surface area contributed by atoms with E-state index in [9.17, 15) is 8.42 Å². The van der Waals surface area contributed by atoms with E-state index < -0.39 is 10.2 Å². The van der Waals surface area contributed by atoms with E-state index in [1.807, 2.05) is 24.3 Å². The third-order valence-corrected chi connectivity index (χ3v) is 5.79. The highest BCUT2D eigenvalue weighted by atomic mass is 32.2. The van der Waals surface area contributed by atoms with Crippen molar-refractivity contribution in [1.82, 2.24) is 9.21 Å². The van der Waals surface area contributed by atoms with Crippen molar-refractivity contribution in [2.45, 2.75) is 18.9 Å². The van der Waals surface area contributed by atoms with Gasteiger partial charge in [-0.15, -0.1) is 0 Å². The molecule has 1 N–H and O–H groups in total. The molecular formula is C15H24N4O2S. The summed E-state index contributed by atoms with van der Waals surface area (Å²) < 4.78 is 27.3. The topological polar surface area (TPSA) is 55.9 Å². The largest absolute Gasteiger partial charge is 0.369 e. The minimum atomic E-state index is -3.44. The molecule has 1 aromatic carbocycles. The van der Waals surface area contributed by atoms with E-state index in [-0.39, 0.29) is 0 Å². The Morgan fingerprint density at radius 2 is 1.64 bits per heavy atom. The Kier molecular flexibility index (Phi) is 4.29.